The topological polar surface area (TPSA) is 57.2 Å². The first-order valence-electron chi connectivity index (χ1n) is 6.29. The van der Waals surface area contributed by atoms with Gasteiger partial charge in [0, 0.05) is 28.2 Å². The summed E-state index contributed by atoms with van der Waals surface area (Å²) in [5.41, 5.74) is 5.09. The molecule has 0 aliphatic carbocycles. The fourth-order valence-electron chi connectivity index (χ4n) is 2.02. The van der Waals surface area contributed by atoms with E-state index in [9.17, 15) is 4.79 Å². The normalized spacial score (nSPS) is 11.0. The zero-order chi connectivity index (χ0) is 13.8. The van der Waals surface area contributed by atoms with Gasteiger partial charge >= 0.3 is 0 Å². The minimum atomic E-state index is -0.221. The smallest absolute Gasteiger partial charge is 0.271 e. The van der Waals surface area contributed by atoms with Crippen molar-refractivity contribution in [2.45, 2.75) is 0 Å². The lowest BCUT2D eigenvalue weighted by molar-refractivity contribution is 0.0955. The Bertz CT molecular complexity index is 760. The van der Waals surface area contributed by atoms with E-state index in [1.807, 2.05) is 48.7 Å². The number of amides is 1. The van der Waals surface area contributed by atoms with Gasteiger partial charge in [0.25, 0.3) is 5.91 Å². The van der Waals surface area contributed by atoms with Crippen LogP contribution < -0.4 is 5.43 Å². The highest BCUT2D eigenvalue weighted by Gasteiger charge is 2.02. The third-order valence-electron chi connectivity index (χ3n) is 3.03. The Morgan fingerprint density at radius 1 is 1.05 bits per heavy atom. The molecule has 1 aromatic heterocycles. The largest absolute Gasteiger partial charge is 0.361 e. The Morgan fingerprint density at radius 3 is 2.65 bits per heavy atom. The number of carbonyl (C=O) groups excluding carboxylic acids is 1. The lowest BCUT2D eigenvalue weighted by atomic mass is 10.2. The molecule has 3 rings (SSSR count). The summed E-state index contributed by atoms with van der Waals surface area (Å²) in [4.78, 5) is 15.0. The lowest BCUT2D eigenvalue weighted by Crippen LogP contribution is -2.17. The van der Waals surface area contributed by atoms with Gasteiger partial charge in [0.1, 0.15) is 0 Å². The van der Waals surface area contributed by atoms with Crippen LogP contribution in [-0.2, 0) is 0 Å². The van der Waals surface area contributed by atoms with E-state index in [4.69, 9.17) is 0 Å². The molecule has 1 heterocycles. The summed E-state index contributed by atoms with van der Waals surface area (Å²) >= 11 is 0. The summed E-state index contributed by atoms with van der Waals surface area (Å²) in [6, 6.07) is 16.9. The molecule has 0 saturated carbocycles. The Kier molecular flexibility index (Phi) is 3.29. The average molecular weight is 263 g/mol. The predicted octanol–water partition coefficient (Wildman–Crippen LogP) is 2.93. The highest BCUT2D eigenvalue weighted by atomic mass is 16.2. The summed E-state index contributed by atoms with van der Waals surface area (Å²) in [5, 5.41) is 5.07. The Hall–Kier alpha value is -2.88. The molecule has 4 nitrogen and oxygen atoms in total. The number of aromatic nitrogens is 1. The van der Waals surface area contributed by atoms with Crippen LogP contribution in [0.3, 0.4) is 0 Å². The number of hydrogen-bond acceptors (Lipinski definition) is 2. The number of benzene rings is 2. The number of para-hydroxylation sites is 1. The number of hydrogen-bond donors (Lipinski definition) is 2. The molecule has 0 atom stereocenters. The van der Waals surface area contributed by atoms with Crippen molar-refractivity contribution in [1.29, 1.82) is 0 Å². The van der Waals surface area contributed by atoms with Gasteiger partial charge in [0.15, 0.2) is 0 Å². The molecule has 0 spiro atoms. The molecule has 0 saturated heterocycles. The maximum atomic E-state index is 11.8. The van der Waals surface area contributed by atoms with E-state index in [0.29, 0.717) is 5.56 Å². The van der Waals surface area contributed by atoms with Crippen molar-refractivity contribution in [2.24, 2.45) is 5.10 Å². The molecule has 0 aliphatic heterocycles. The van der Waals surface area contributed by atoms with Crippen LogP contribution in [0.4, 0.5) is 0 Å². The molecular weight excluding hydrogens is 250 g/mol. The van der Waals surface area contributed by atoms with Gasteiger partial charge in [-0.25, -0.2) is 5.43 Å². The maximum absolute atomic E-state index is 11.8. The van der Waals surface area contributed by atoms with Crippen molar-refractivity contribution in [1.82, 2.24) is 10.4 Å². The van der Waals surface area contributed by atoms with Crippen LogP contribution in [0.2, 0.25) is 0 Å². The Balaban J connectivity index is 1.74. The van der Waals surface area contributed by atoms with Crippen LogP contribution in [0.25, 0.3) is 10.9 Å². The molecule has 0 aliphatic rings. The first kappa shape index (κ1) is 12.2. The van der Waals surface area contributed by atoms with E-state index in [0.717, 1.165) is 16.5 Å². The minimum Gasteiger partial charge on any atom is -0.361 e. The molecule has 98 valence electrons. The molecule has 0 bridgehead atoms. The van der Waals surface area contributed by atoms with Gasteiger partial charge < -0.3 is 4.98 Å². The van der Waals surface area contributed by atoms with Crippen LogP contribution in [0.15, 0.2) is 65.9 Å². The number of fused-ring (bicyclic) bond motifs is 1. The van der Waals surface area contributed by atoms with Crippen LogP contribution in [0.1, 0.15) is 15.9 Å². The van der Waals surface area contributed by atoms with E-state index in [1.165, 1.54) is 0 Å². The van der Waals surface area contributed by atoms with Gasteiger partial charge in [-0.1, -0.05) is 36.4 Å². The molecule has 0 unspecified atom stereocenters. The first-order valence-corrected chi connectivity index (χ1v) is 6.29. The van der Waals surface area contributed by atoms with Gasteiger partial charge in [0.2, 0.25) is 0 Å². The zero-order valence-electron chi connectivity index (χ0n) is 10.7. The zero-order valence-corrected chi connectivity index (χ0v) is 10.7. The Morgan fingerprint density at radius 2 is 1.80 bits per heavy atom. The van der Waals surface area contributed by atoms with E-state index in [1.54, 1.807) is 18.3 Å². The van der Waals surface area contributed by atoms with Crippen molar-refractivity contribution >= 4 is 23.0 Å². The molecule has 0 fully saturated rings. The van der Waals surface area contributed by atoms with Crippen LogP contribution in [0.5, 0.6) is 0 Å². The number of H-pyrrole nitrogens is 1. The minimum absolute atomic E-state index is 0.221. The summed E-state index contributed by atoms with van der Waals surface area (Å²) in [6.45, 7) is 0. The lowest BCUT2D eigenvalue weighted by Gasteiger charge is -1.98. The van der Waals surface area contributed by atoms with E-state index < -0.39 is 0 Å². The summed E-state index contributed by atoms with van der Waals surface area (Å²) < 4.78 is 0. The molecular formula is C16H13N3O. The van der Waals surface area contributed by atoms with Gasteiger partial charge in [-0.05, 0) is 18.2 Å². The molecule has 2 N–H and O–H groups in total. The standard InChI is InChI=1S/C16H13N3O/c20-16(12-6-2-1-3-7-12)19-18-11-13-10-17-15-9-5-4-8-14(13)15/h1-11,17H,(H,19,20)/b18-11-. The average Bonchev–Trinajstić information content (AvgIpc) is 2.92. The molecule has 4 heteroatoms. The number of nitrogens with one attached hydrogen (secondary N) is 2. The second kappa shape index (κ2) is 5.40. The maximum Gasteiger partial charge on any atom is 0.271 e. The van der Waals surface area contributed by atoms with Crippen molar-refractivity contribution < 1.29 is 4.79 Å². The van der Waals surface area contributed by atoms with Crippen molar-refractivity contribution in [2.75, 3.05) is 0 Å². The number of hydrazone groups is 1. The summed E-state index contributed by atoms with van der Waals surface area (Å²) in [5.74, 6) is -0.221. The Labute approximate surface area is 116 Å². The van der Waals surface area contributed by atoms with Crippen LogP contribution in [-0.4, -0.2) is 17.1 Å². The predicted molar refractivity (Wildman–Crippen MR) is 79.8 cm³/mol. The van der Waals surface area contributed by atoms with Crippen molar-refractivity contribution in [3.63, 3.8) is 0 Å². The highest BCUT2D eigenvalue weighted by molar-refractivity contribution is 6.00. The summed E-state index contributed by atoms with van der Waals surface area (Å²) in [6.07, 6.45) is 3.50. The molecule has 1 amide bonds. The third kappa shape index (κ3) is 2.44. The first-order chi connectivity index (χ1) is 9.84. The number of rotatable bonds is 3. The molecule has 3 aromatic rings. The highest BCUT2D eigenvalue weighted by Crippen LogP contribution is 2.15. The molecule has 2 aromatic carbocycles. The third-order valence-corrected chi connectivity index (χ3v) is 3.03. The number of nitrogens with zero attached hydrogens (tertiary/aromatic N) is 1. The second-order valence-electron chi connectivity index (χ2n) is 4.35. The van der Waals surface area contributed by atoms with Gasteiger partial charge in [0.05, 0.1) is 6.21 Å². The van der Waals surface area contributed by atoms with Crippen molar-refractivity contribution in [3.05, 3.63) is 71.9 Å². The fourth-order valence-corrected chi connectivity index (χ4v) is 2.02. The van der Waals surface area contributed by atoms with E-state index >= 15 is 0 Å². The van der Waals surface area contributed by atoms with Crippen LogP contribution >= 0.6 is 0 Å². The van der Waals surface area contributed by atoms with E-state index in [2.05, 4.69) is 15.5 Å². The number of carbonyl (C=O) groups is 1. The summed E-state index contributed by atoms with van der Waals surface area (Å²) in [7, 11) is 0. The van der Waals surface area contributed by atoms with Crippen LogP contribution in [0, 0.1) is 0 Å². The van der Waals surface area contributed by atoms with Gasteiger partial charge in [-0.3, -0.25) is 4.79 Å². The monoisotopic (exact) mass is 263 g/mol. The van der Waals surface area contributed by atoms with E-state index in [-0.39, 0.29) is 5.91 Å². The quantitative estimate of drug-likeness (QED) is 0.554. The molecule has 0 radical (unpaired) electrons. The molecule has 20 heavy (non-hydrogen) atoms. The van der Waals surface area contributed by atoms with Crippen molar-refractivity contribution in [3.8, 4) is 0 Å². The van der Waals surface area contributed by atoms with Gasteiger partial charge in [-0.2, -0.15) is 5.10 Å². The number of aromatic amines is 1. The van der Waals surface area contributed by atoms with Gasteiger partial charge in [-0.15, -0.1) is 0 Å². The SMILES string of the molecule is O=C(N/N=C\c1c[nH]c2ccccc12)c1ccccc1. The second-order valence-corrected chi connectivity index (χ2v) is 4.35. The fraction of sp³-hybridized carbons (Fsp3) is 0.